The summed E-state index contributed by atoms with van der Waals surface area (Å²) >= 11 is 6.94. The lowest BCUT2D eigenvalue weighted by Crippen LogP contribution is -2.13. The number of nitrogens with one attached hydrogen (secondary N) is 1. The van der Waals surface area contributed by atoms with Crippen molar-refractivity contribution in [1.29, 1.82) is 0 Å². The van der Waals surface area contributed by atoms with E-state index < -0.39 is 11.6 Å². The summed E-state index contributed by atoms with van der Waals surface area (Å²) in [5.74, 6) is -0.719. The molecule has 0 aliphatic heterocycles. The maximum atomic E-state index is 14.1. The smallest absolute Gasteiger partial charge is 0.151 e. The Balaban J connectivity index is 1.46. The van der Waals surface area contributed by atoms with Crippen LogP contribution in [-0.2, 0) is 12.8 Å². The molecule has 0 bridgehead atoms. The maximum absolute atomic E-state index is 14.1. The molecular formula is C26H23F2N3S2. The first kappa shape index (κ1) is 22.0. The number of hydrogen-bond donors (Lipinski definition) is 1. The Morgan fingerprint density at radius 1 is 1.18 bits per heavy atom. The van der Waals surface area contributed by atoms with E-state index in [0.717, 1.165) is 46.5 Å². The molecule has 168 valence electrons. The van der Waals surface area contributed by atoms with Crippen molar-refractivity contribution < 1.29 is 8.78 Å². The number of para-hydroxylation sites is 1. The molecule has 0 amide bonds. The fourth-order valence-electron chi connectivity index (χ4n) is 3.91. The highest BCUT2D eigenvalue weighted by molar-refractivity contribution is 7.81. The van der Waals surface area contributed by atoms with E-state index in [9.17, 15) is 8.78 Å². The Labute approximate surface area is 201 Å². The van der Waals surface area contributed by atoms with Crippen LogP contribution in [0.2, 0.25) is 0 Å². The quantitative estimate of drug-likeness (QED) is 0.310. The second-order valence-corrected chi connectivity index (χ2v) is 9.93. The summed E-state index contributed by atoms with van der Waals surface area (Å²) in [6.07, 6.45) is 9.26. The Bertz CT molecular complexity index is 1270. The molecule has 7 heteroatoms. The number of anilines is 1. The number of aryl methyl sites for hydroxylation is 2. The predicted octanol–water partition coefficient (Wildman–Crippen LogP) is 7.21. The van der Waals surface area contributed by atoms with Gasteiger partial charge in [-0.15, -0.1) is 11.3 Å². The van der Waals surface area contributed by atoms with Gasteiger partial charge in [0.15, 0.2) is 5.01 Å². The molecule has 1 aromatic heterocycles. The van der Waals surface area contributed by atoms with Crippen LogP contribution in [0.25, 0.3) is 16.0 Å². The zero-order valence-electron chi connectivity index (χ0n) is 18.2. The van der Waals surface area contributed by atoms with Gasteiger partial charge < -0.3 is 5.32 Å². The molecule has 2 aromatic carbocycles. The van der Waals surface area contributed by atoms with E-state index in [1.807, 2.05) is 12.4 Å². The van der Waals surface area contributed by atoms with Crippen molar-refractivity contribution in [2.75, 3.05) is 5.32 Å². The maximum Gasteiger partial charge on any atom is 0.151 e. The molecule has 0 saturated heterocycles. The third-order valence-electron chi connectivity index (χ3n) is 5.95. The number of halogens is 2. The van der Waals surface area contributed by atoms with Crippen molar-refractivity contribution >= 4 is 46.0 Å². The van der Waals surface area contributed by atoms with Gasteiger partial charge in [0.25, 0.3) is 0 Å². The van der Waals surface area contributed by atoms with E-state index in [-0.39, 0.29) is 10.7 Å². The van der Waals surface area contributed by atoms with E-state index >= 15 is 0 Å². The average molecular weight is 480 g/mol. The number of thiazole rings is 1. The molecule has 1 saturated carbocycles. The Morgan fingerprint density at radius 3 is 2.73 bits per heavy atom. The van der Waals surface area contributed by atoms with Crippen molar-refractivity contribution in [3.05, 3.63) is 76.1 Å². The third kappa shape index (κ3) is 4.80. The molecule has 1 N–H and O–H groups in total. The van der Waals surface area contributed by atoms with Crippen molar-refractivity contribution in [2.45, 2.75) is 39.0 Å². The second-order valence-electron chi connectivity index (χ2n) is 8.52. The molecule has 0 radical (unpaired) electrons. The molecule has 2 aliphatic rings. The Hall–Kier alpha value is -2.77. The number of rotatable bonds is 5. The third-order valence-corrected chi connectivity index (χ3v) is 7.52. The van der Waals surface area contributed by atoms with Crippen LogP contribution in [0.3, 0.4) is 0 Å². The van der Waals surface area contributed by atoms with Crippen LogP contribution < -0.4 is 5.32 Å². The van der Waals surface area contributed by atoms with Gasteiger partial charge in [0, 0.05) is 12.4 Å². The van der Waals surface area contributed by atoms with Gasteiger partial charge in [-0.05, 0) is 85.4 Å². The molecule has 5 rings (SSSR count). The minimum Gasteiger partial charge on any atom is -0.339 e. The number of aliphatic imine (C=N–C) groups is 1. The van der Waals surface area contributed by atoms with Gasteiger partial charge in [0.05, 0.1) is 10.6 Å². The highest BCUT2D eigenvalue weighted by Gasteiger charge is 2.22. The number of nitrogens with zero attached hydrogens (tertiary/aromatic N) is 2. The van der Waals surface area contributed by atoms with Gasteiger partial charge in [-0.2, -0.15) is 0 Å². The lowest BCUT2D eigenvalue weighted by molar-refractivity contribution is 0.591. The van der Waals surface area contributed by atoms with E-state index in [1.54, 1.807) is 0 Å². The Kier molecular flexibility index (Phi) is 6.17. The fraction of sp³-hybridized carbons (Fsp3) is 0.269. The minimum absolute atomic E-state index is 0.222. The Morgan fingerprint density at radius 2 is 1.97 bits per heavy atom. The molecule has 2 aliphatic carbocycles. The molecule has 1 heterocycles. The molecule has 0 unspecified atom stereocenters. The molecule has 0 spiro atoms. The normalized spacial score (nSPS) is 15.8. The predicted molar refractivity (Wildman–Crippen MR) is 136 cm³/mol. The van der Waals surface area contributed by atoms with Gasteiger partial charge in [0.1, 0.15) is 22.3 Å². The molecule has 33 heavy (non-hydrogen) atoms. The fourth-order valence-corrected chi connectivity index (χ4v) is 5.24. The van der Waals surface area contributed by atoms with Crippen LogP contribution in [0.15, 0.2) is 47.6 Å². The molecule has 1 fully saturated rings. The summed E-state index contributed by atoms with van der Waals surface area (Å²) in [6, 6.07) is 10.3. The summed E-state index contributed by atoms with van der Waals surface area (Å²) < 4.78 is 28.1. The summed E-state index contributed by atoms with van der Waals surface area (Å²) in [5.41, 5.74) is 5.40. The van der Waals surface area contributed by atoms with Gasteiger partial charge in [0.2, 0.25) is 0 Å². The van der Waals surface area contributed by atoms with Crippen LogP contribution >= 0.6 is 23.6 Å². The first-order valence-electron chi connectivity index (χ1n) is 11.1. The average Bonchev–Trinajstić information content (AvgIpc) is 3.56. The van der Waals surface area contributed by atoms with Gasteiger partial charge in [-0.25, -0.2) is 13.8 Å². The van der Waals surface area contributed by atoms with E-state index in [1.165, 1.54) is 47.9 Å². The molecule has 0 atom stereocenters. The molecule has 3 aromatic rings. The summed E-state index contributed by atoms with van der Waals surface area (Å²) in [7, 11) is 0. The zero-order chi connectivity index (χ0) is 22.9. The number of fused-ring (bicyclic) bond motifs is 3. The summed E-state index contributed by atoms with van der Waals surface area (Å²) in [6.45, 7) is 2.07. The number of allylic oxidation sites excluding steroid dienone is 1. The van der Waals surface area contributed by atoms with Crippen molar-refractivity contribution in [1.82, 2.24) is 4.98 Å². The topological polar surface area (TPSA) is 37.3 Å². The van der Waals surface area contributed by atoms with E-state index in [4.69, 9.17) is 17.2 Å². The summed E-state index contributed by atoms with van der Waals surface area (Å²) in [4.78, 5) is 10.5. The lowest BCUT2D eigenvalue weighted by atomic mass is 9.98. The van der Waals surface area contributed by atoms with Crippen LogP contribution in [0.1, 0.15) is 48.0 Å². The number of aromatic nitrogens is 1. The van der Waals surface area contributed by atoms with Gasteiger partial charge >= 0.3 is 0 Å². The highest BCUT2D eigenvalue weighted by Crippen LogP contribution is 2.39. The number of thiocarbonyl (C=S) groups is 1. The molecular weight excluding hydrogens is 456 g/mol. The SMILES string of the molecule is C/C(=C\N=CC1CC1)c1ccc2c(c1)-c1sc(C(=S)Nc3c(F)cccc3F)nc1CCC2. The van der Waals surface area contributed by atoms with Crippen LogP contribution in [-0.4, -0.2) is 16.2 Å². The zero-order valence-corrected chi connectivity index (χ0v) is 19.8. The van der Waals surface area contributed by atoms with Gasteiger partial charge in [-0.1, -0.05) is 30.4 Å². The standard InChI is InChI=1S/C26H23F2N3S2/c1-15(13-29-14-16-8-9-16)18-11-10-17-4-2-7-22-24(19(17)12-18)33-26(30-22)25(32)31-23-20(27)5-3-6-21(23)28/h3,5-6,10-14,16H,2,4,7-9H2,1H3,(H,31,32)/b15-13+,29-14?. The first-order chi connectivity index (χ1) is 16.0. The number of hydrogen-bond acceptors (Lipinski definition) is 4. The monoisotopic (exact) mass is 479 g/mol. The minimum atomic E-state index is -0.683. The van der Waals surface area contributed by atoms with Crippen molar-refractivity contribution in [3.63, 3.8) is 0 Å². The number of benzene rings is 2. The first-order valence-corrected chi connectivity index (χ1v) is 12.3. The van der Waals surface area contributed by atoms with Crippen molar-refractivity contribution in [2.24, 2.45) is 10.9 Å². The van der Waals surface area contributed by atoms with E-state index in [2.05, 4.69) is 35.4 Å². The van der Waals surface area contributed by atoms with Crippen LogP contribution in [0.5, 0.6) is 0 Å². The van der Waals surface area contributed by atoms with Crippen LogP contribution in [0.4, 0.5) is 14.5 Å². The molecule has 3 nitrogen and oxygen atoms in total. The van der Waals surface area contributed by atoms with Crippen LogP contribution in [0, 0.1) is 17.6 Å². The van der Waals surface area contributed by atoms with E-state index in [0.29, 0.717) is 10.9 Å². The lowest BCUT2D eigenvalue weighted by Gasteiger charge is -2.09. The summed E-state index contributed by atoms with van der Waals surface area (Å²) in [5, 5.41) is 3.28. The van der Waals surface area contributed by atoms with Crippen molar-refractivity contribution in [3.8, 4) is 10.4 Å². The van der Waals surface area contributed by atoms with Gasteiger partial charge in [-0.3, -0.25) is 4.99 Å². The highest BCUT2D eigenvalue weighted by atomic mass is 32.1. The largest absolute Gasteiger partial charge is 0.339 e. The second kappa shape index (κ2) is 9.23.